The van der Waals surface area contributed by atoms with E-state index in [1.165, 1.54) is 5.56 Å². The second kappa shape index (κ2) is 8.78. The van der Waals surface area contributed by atoms with Crippen LogP contribution in [0.5, 0.6) is 5.75 Å². The quantitative estimate of drug-likeness (QED) is 0.431. The molecule has 1 aliphatic heterocycles. The highest BCUT2D eigenvalue weighted by Crippen LogP contribution is 2.36. The molecule has 3 aromatic rings. The Hall–Kier alpha value is -3.02. The van der Waals surface area contributed by atoms with E-state index in [2.05, 4.69) is 0 Å². The van der Waals surface area contributed by atoms with Gasteiger partial charge in [0.05, 0.1) is 10.6 Å². The van der Waals surface area contributed by atoms with Crippen LogP contribution in [-0.4, -0.2) is 11.1 Å². The number of aryl methyl sites for hydroxylation is 1. The van der Waals surface area contributed by atoms with Crippen LogP contribution in [0.4, 0.5) is 10.5 Å². The minimum absolute atomic E-state index is 0.333. The molecular formula is C24H18ClNO3S. The van der Waals surface area contributed by atoms with E-state index >= 15 is 0 Å². The number of halogens is 1. The zero-order chi connectivity index (χ0) is 21.1. The van der Waals surface area contributed by atoms with Crippen molar-refractivity contribution in [1.82, 2.24) is 0 Å². The molecule has 1 saturated heterocycles. The Morgan fingerprint density at radius 2 is 1.73 bits per heavy atom. The van der Waals surface area contributed by atoms with E-state index in [1.54, 1.807) is 30.3 Å². The lowest BCUT2D eigenvalue weighted by Crippen LogP contribution is -2.27. The summed E-state index contributed by atoms with van der Waals surface area (Å²) in [6, 6.07) is 22.2. The third-order valence-corrected chi connectivity index (χ3v) is 5.68. The van der Waals surface area contributed by atoms with Gasteiger partial charge in [-0.3, -0.25) is 9.59 Å². The molecule has 0 bridgehead atoms. The molecule has 150 valence electrons. The number of carbonyl (C=O) groups is 2. The van der Waals surface area contributed by atoms with Gasteiger partial charge in [-0.25, -0.2) is 4.90 Å². The summed E-state index contributed by atoms with van der Waals surface area (Å²) in [7, 11) is 0. The van der Waals surface area contributed by atoms with Crippen molar-refractivity contribution in [1.29, 1.82) is 0 Å². The van der Waals surface area contributed by atoms with Crippen LogP contribution in [0.3, 0.4) is 0 Å². The molecule has 6 heteroatoms. The van der Waals surface area contributed by atoms with Gasteiger partial charge in [-0.1, -0.05) is 53.6 Å². The van der Waals surface area contributed by atoms with Crippen molar-refractivity contribution in [3.05, 3.63) is 99.4 Å². The fourth-order valence-electron chi connectivity index (χ4n) is 2.98. The molecule has 30 heavy (non-hydrogen) atoms. The second-order valence-electron chi connectivity index (χ2n) is 6.84. The van der Waals surface area contributed by atoms with Crippen LogP contribution in [0.15, 0.2) is 77.7 Å². The lowest BCUT2D eigenvalue weighted by atomic mass is 10.1. The molecule has 3 aromatic carbocycles. The third-order valence-electron chi connectivity index (χ3n) is 4.56. The van der Waals surface area contributed by atoms with Gasteiger partial charge in [0.15, 0.2) is 0 Å². The van der Waals surface area contributed by atoms with Gasteiger partial charge in [0, 0.05) is 5.02 Å². The van der Waals surface area contributed by atoms with Crippen molar-refractivity contribution in [3.63, 3.8) is 0 Å². The number of imide groups is 1. The molecule has 0 unspecified atom stereocenters. The smallest absolute Gasteiger partial charge is 0.298 e. The van der Waals surface area contributed by atoms with Crippen molar-refractivity contribution in [2.24, 2.45) is 0 Å². The molecular weight excluding hydrogens is 418 g/mol. The molecule has 2 amide bonds. The van der Waals surface area contributed by atoms with Crippen LogP contribution in [0.25, 0.3) is 6.08 Å². The zero-order valence-corrected chi connectivity index (χ0v) is 17.7. The summed E-state index contributed by atoms with van der Waals surface area (Å²) in [6.45, 7) is 2.50. The molecule has 0 spiro atoms. The first-order valence-electron chi connectivity index (χ1n) is 9.31. The van der Waals surface area contributed by atoms with Crippen LogP contribution in [0.2, 0.25) is 5.02 Å². The number of hydrogen-bond acceptors (Lipinski definition) is 4. The molecule has 1 heterocycles. The van der Waals surface area contributed by atoms with Gasteiger partial charge in [-0.05, 0) is 72.3 Å². The SMILES string of the molecule is Cc1ccc(COc2cccc(/C=C3\SC(=O)N(c4ccc(Cl)cc4)C3=O)c2)cc1. The lowest BCUT2D eigenvalue weighted by molar-refractivity contribution is -0.113. The number of anilines is 1. The van der Waals surface area contributed by atoms with E-state index in [4.69, 9.17) is 16.3 Å². The first-order chi connectivity index (χ1) is 14.5. The predicted molar refractivity (Wildman–Crippen MR) is 122 cm³/mol. The van der Waals surface area contributed by atoms with Crippen molar-refractivity contribution in [2.75, 3.05) is 4.90 Å². The van der Waals surface area contributed by atoms with E-state index < -0.39 is 0 Å². The molecule has 0 radical (unpaired) electrons. The summed E-state index contributed by atoms with van der Waals surface area (Å²) in [6.07, 6.45) is 1.71. The van der Waals surface area contributed by atoms with Crippen molar-refractivity contribution in [3.8, 4) is 5.75 Å². The van der Waals surface area contributed by atoms with E-state index in [9.17, 15) is 9.59 Å². The second-order valence-corrected chi connectivity index (χ2v) is 8.27. The van der Waals surface area contributed by atoms with E-state index in [-0.39, 0.29) is 11.1 Å². The number of hydrogen-bond donors (Lipinski definition) is 0. The maximum atomic E-state index is 12.8. The summed E-state index contributed by atoms with van der Waals surface area (Å²) in [5, 5.41) is 0.212. The van der Waals surface area contributed by atoms with E-state index in [0.717, 1.165) is 27.8 Å². The van der Waals surface area contributed by atoms with Gasteiger partial charge in [-0.15, -0.1) is 0 Å². The van der Waals surface area contributed by atoms with Crippen LogP contribution in [0, 0.1) is 6.92 Å². The zero-order valence-electron chi connectivity index (χ0n) is 16.2. The molecule has 0 aromatic heterocycles. The average Bonchev–Trinajstić information content (AvgIpc) is 3.02. The molecule has 0 N–H and O–H groups in total. The maximum Gasteiger partial charge on any atom is 0.298 e. The molecule has 0 atom stereocenters. The highest BCUT2D eigenvalue weighted by Gasteiger charge is 2.36. The first kappa shape index (κ1) is 20.3. The summed E-state index contributed by atoms with van der Waals surface area (Å²) < 4.78 is 5.88. The summed E-state index contributed by atoms with van der Waals surface area (Å²) in [5.41, 5.74) is 3.57. The van der Waals surface area contributed by atoms with Crippen molar-refractivity contribution in [2.45, 2.75) is 13.5 Å². The highest BCUT2D eigenvalue weighted by atomic mass is 35.5. The summed E-state index contributed by atoms with van der Waals surface area (Å²) in [5.74, 6) is 0.347. The monoisotopic (exact) mass is 435 g/mol. The van der Waals surface area contributed by atoms with Gasteiger partial charge in [0.25, 0.3) is 11.1 Å². The van der Waals surface area contributed by atoms with E-state index in [1.807, 2.05) is 55.5 Å². The summed E-state index contributed by atoms with van der Waals surface area (Å²) >= 11 is 6.81. The Bertz CT molecular complexity index is 1120. The topological polar surface area (TPSA) is 46.6 Å². The Kier molecular flexibility index (Phi) is 5.93. The minimum atomic E-state index is -0.349. The van der Waals surface area contributed by atoms with Crippen LogP contribution in [-0.2, 0) is 11.4 Å². The Balaban J connectivity index is 1.49. The van der Waals surface area contributed by atoms with Crippen LogP contribution < -0.4 is 9.64 Å². The number of thioether (sulfide) groups is 1. The highest BCUT2D eigenvalue weighted by molar-refractivity contribution is 8.19. The standard InChI is InChI=1S/C24H18ClNO3S/c1-16-5-7-17(8-6-16)15-29-21-4-2-3-18(13-21)14-22-23(27)26(24(28)30-22)20-11-9-19(25)10-12-20/h2-14H,15H2,1H3/b22-14-. The number of carbonyl (C=O) groups excluding carboxylic acids is 2. The molecule has 0 saturated carbocycles. The predicted octanol–water partition coefficient (Wildman–Crippen LogP) is 6.47. The van der Waals surface area contributed by atoms with Gasteiger partial charge in [-0.2, -0.15) is 0 Å². The van der Waals surface area contributed by atoms with Gasteiger partial charge >= 0.3 is 0 Å². The van der Waals surface area contributed by atoms with Crippen LogP contribution in [0.1, 0.15) is 16.7 Å². The normalized spacial score (nSPS) is 15.1. The summed E-state index contributed by atoms with van der Waals surface area (Å²) in [4.78, 5) is 26.7. The Labute approximate surface area is 184 Å². The number of nitrogens with zero attached hydrogens (tertiary/aromatic N) is 1. The fourth-order valence-corrected chi connectivity index (χ4v) is 3.94. The fraction of sp³-hybridized carbons (Fsp3) is 0.0833. The Morgan fingerprint density at radius 3 is 2.47 bits per heavy atom. The number of rotatable bonds is 5. The molecule has 0 aliphatic carbocycles. The largest absolute Gasteiger partial charge is 0.489 e. The van der Waals surface area contributed by atoms with Gasteiger partial charge in [0.1, 0.15) is 12.4 Å². The average molecular weight is 436 g/mol. The third kappa shape index (κ3) is 4.58. The van der Waals surface area contributed by atoms with Crippen molar-refractivity contribution < 1.29 is 14.3 Å². The van der Waals surface area contributed by atoms with E-state index in [0.29, 0.717) is 28.0 Å². The van der Waals surface area contributed by atoms with Crippen molar-refractivity contribution >= 4 is 46.3 Å². The first-order valence-corrected chi connectivity index (χ1v) is 10.5. The molecule has 1 aliphatic rings. The lowest BCUT2D eigenvalue weighted by Gasteiger charge is -2.12. The number of ether oxygens (including phenoxy) is 1. The number of benzene rings is 3. The van der Waals surface area contributed by atoms with Gasteiger partial charge in [0.2, 0.25) is 0 Å². The maximum absolute atomic E-state index is 12.8. The Morgan fingerprint density at radius 1 is 1.00 bits per heavy atom. The minimum Gasteiger partial charge on any atom is -0.489 e. The molecule has 4 rings (SSSR count). The van der Waals surface area contributed by atoms with Gasteiger partial charge < -0.3 is 4.74 Å². The molecule has 4 nitrogen and oxygen atoms in total. The molecule has 1 fully saturated rings. The van der Waals surface area contributed by atoms with Crippen LogP contribution >= 0.6 is 23.4 Å². The number of amides is 2.